The zero-order valence-corrected chi connectivity index (χ0v) is 16.4. The van der Waals surface area contributed by atoms with Crippen molar-refractivity contribution in [2.45, 2.75) is 32.4 Å². The zero-order valence-electron chi connectivity index (χ0n) is 16.4. The van der Waals surface area contributed by atoms with Crippen molar-refractivity contribution in [1.29, 1.82) is 0 Å². The molecule has 0 N–H and O–H groups in total. The van der Waals surface area contributed by atoms with Gasteiger partial charge in [0.15, 0.2) is 0 Å². The molecule has 28 heavy (non-hydrogen) atoms. The lowest BCUT2D eigenvalue weighted by Gasteiger charge is -2.39. The summed E-state index contributed by atoms with van der Waals surface area (Å²) in [5.41, 5.74) is 1.87. The lowest BCUT2D eigenvalue weighted by Crippen LogP contribution is -2.49. The number of ether oxygens (including phenoxy) is 1. The van der Waals surface area contributed by atoms with Crippen molar-refractivity contribution < 1.29 is 13.9 Å². The number of carbonyl (C=O) groups is 1. The molecule has 2 aromatic rings. The highest BCUT2D eigenvalue weighted by Gasteiger charge is 2.48. The topological polar surface area (TPSA) is 32.8 Å². The molecule has 0 saturated carbocycles. The zero-order chi connectivity index (χ0) is 19.6. The number of hydrogen-bond acceptors (Lipinski definition) is 3. The van der Waals surface area contributed by atoms with E-state index >= 15 is 0 Å². The van der Waals surface area contributed by atoms with Gasteiger partial charge >= 0.3 is 0 Å². The van der Waals surface area contributed by atoms with Crippen LogP contribution in [0.2, 0.25) is 0 Å². The molecule has 1 spiro atoms. The van der Waals surface area contributed by atoms with E-state index in [2.05, 4.69) is 11.0 Å². The summed E-state index contributed by atoms with van der Waals surface area (Å²) in [6.07, 6.45) is 2.88. The summed E-state index contributed by atoms with van der Waals surface area (Å²) < 4.78 is 18.6. The number of likely N-dealkylation sites (tertiary alicyclic amines) is 2. The van der Waals surface area contributed by atoms with Gasteiger partial charge in [0.1, 0.15) is 11.6 Å². The Morgan fingerprint density at radius 1 is 1.04 bits per heavy atom. The van der Waals surface area contributed by atoms with Crippen LogP contribution in [0.15, 0.2) is 48.5 Å². The smallest absolute Gasteiger partial charge is 0.230 e. The summed E-state index contributed by atoms with van der Waals surface area (Å²) in [6, 6.07) is 14.5. The number of halogens is 1. The van der Waals surface area contributed by atoms with E-state index in [0.717, 1.165) is 62.3 Å². The molecule has 5 heteroatoms. The quantitative estimate of drug-likeness (QED) is 0.788. The number of carbonyl (C=O) groups excluding carboxylic acids is 1. The van der Waals surface area contributed by atoms with E-state index in [0.29, 0.717) is 6.54 Å². The molecule has 2 heterocycles. The largest absolute Gasteiger partial charge is 0.496 e. The highest BCUT2D eigenvalue weighted by atomic mass is 19.1. The number of nitrogens with zero attached hydrogens (tertiary/aromatic N) is 2. The van der Waals surface area contributed by atoms with Crippen LogP contribution in [0.3, 0.4) is 0 Å². The van der Waals surface area contributed by atoms with E-state index in [1.165, 1.54) is 12.1 Å². The second kappa shape index (κ2) is 7.92. The third-order valence-electron chi connectivity index (χ3n) is 6.13. The molecule has 1 atom stereocenters. The van der Waals surface area contributed by atoms with Gasteiger partial charge in [-0.3, -0.25) is 9.69 Å². The van der Waals surface area contributed by atoms with Gasteiger partial charge in [0.2, 0.25) is 5.91 Å². The van der Waals surface area contributed by atoms with Crippen LogP contribution in [0, 0.1) is 11.2 Å². The van der Waals surface area contributed by atoms with Crippen molar-refractivity contribution in [3.63, 3.8) is 0 Å². The molecule has 4 rings (SSSR count). The Bertz CT molecular complexity index is 839. The molecular formula is C23H27FN2O2. The van der Waals surface area contributed by atoms with E-state index in [1.807, 2.05) is 23.1 Å². The third kappa shape index (κ3) is 3.76. The standard InChI is InChI=1S/C23H27FN2O2/c1-28-21-6-3-2-5-19(21)16-25-14-12-23(17-25)11-4-13-26(22(23)27)15-18-7-9-20(24)10-8-18/h2-3,5-10H,4,11-17H2,1H3/t23-/m1/s1. The summed E-state index contributed by atoms with van der Waals surface area (Å²) >= 11 is 0. The lowest BCUT2D eigenvalue weighted by atomic mass is 9.78. The predicted molar refractivity (Wildman–Crippen MR) is 106 cm³/mol. The highest BCUT2D eigenvalue weighted by molar-refractivity contribution is 5.84. The minimum atomic E-state index is -0.277. The van der Waals surface area contributed by atoms with Crippen molar-refractivity contribution in [3.05, 3.63) is 65.5 Å². The summed E-state index contributed by atoms with van der Waals surface area (Å²) in [5.74, 6) is 0.912. The van der Waals surface area contributed by atoms with Gasteiger partial charge in [-0.05, 0) is 49.6 Å². The van der Waals surface area contributed by atoms with Gasteiger partial charge in [-0.1, -0.05) is 30.3 Å². The van der Waals surface area contributed by atoms with Crippen LogP contribution in [-0.4, -0.2) is 42.5 Å². The van der Waals surface area contributed by atoms with E-state index in [9.17, 15) is 9.18 Å². The average molecular weight is 382 g/mol. The van der Waals surface area contributed by atoms with E-state index in [4.69, 9.17) is 4.74 Å². The molecule has 0 radical (unpaired) electrons. The van der Waals surface area contributed by atoms with Gasteiger partial charge < -0.3 is 9.64 Å². The van der Waals surface area contributed by atoms with Crippen LogP contribution >= 0.6 is 0 Å². The number of rotatable bonds is 5. The van der Waals surface area contributed by atoms with Gasteiger partial charge in [0.25, 0.3) is 0 Å². The molecule has 0 unspecified atom stereocenters. The van der Waals surface area contributed by atoms with Crippen LogP contribution in [0.25, 0.3) is 0 Å². The molecule has 148 valence electrons. The number of amides is 1. The molecule has 2 fully saturated rings. The monoisotopic (exact) mass is 382 g/mol. The van der Waals surface area contributed by atoms with E-state index in [-0.39, 0.29) is 17.1 Å². The Balaban J connectivity index is 1.44. The van der Waals surface area contributed by atoms with Crippen LogP contribution in [0.1, 0.15) is 30.4 Å². The second-order valence-corrected chi connectivity index (χ2v) is 8.01. The average Bonchev–Trinajstić information content (AvgIpc) is 3.11. The van der Waals surface area contributed by atoms with Gasteiger partial charge in [-0.15, -0.1) is 0 Å². The number of methoxy groups -OCH3 is 1. The normalized spacial score (nSPS) is 22.8. The van der Waals surface area contributed by atoms with Crippen molar-refractivity contribution in [2.75, 3.05) is 26.7 Å². The van der Waals surface area contributed by atoms with Crippen molar-refractivity contribution in [2.24, 2.45) is 5.41 Å². The fourth-order valence-electron chi connectivity index (χ4n) is 4.66. The fourth-order valence-corrected chi connectivity index (χ4v) is 4.66. The number of para-hydroxylation sites is 1. The Hall–Kier alpha value is -2.40. The summed E-state index contributed by atoms with van der Waals surface area (Å²) in [5, 5.41) is 0. The van der Waals surface area contributed by atoms with E-state index in [1.54, 1.807) is 19.2 Å². The molecule has 2 aliphatic rings. The molecular weight excluding hydrogens is 355 g/mol. The first-order valence-electron chi connectivity index (χ1n) is 9.98. The molecule has 2 saturated heterocycles. The van der Waals surface area contributed by atoms with Crippen LogP contribution in [0.5, 0.6) is 5.75 Å². The maximum Gasteiger partial charge on any atom is 0.230 e. The number of benzene rings is 2. The lowest BCUT2D eigenvalue weighted by molar-refractivity contribution is -0.146. The fraction of sp³-hybridized carbons (Fsp3) is 0.435. The van der Waals surface area contributed by atoms with Gasteiger partial charge in [0, 0.05) is 31.7 Å². The Morgan fingerprint density at radius 2 is 1.82 bits per heavy atom. The SMILES string of the molecule is COc1ccccc1CN1CC[C@]2(CCCN(Cc3ccc(F)cc3)C2=O)C1. The van der Waals surface area contributed by atoms with Crippen LogP contribution in [0.4, 0.5) is 4.39 Å². The highest BCUT2D eigenvalue weighted by Crippen LogP contribution is 2.41. The third-order valence-corrected chi connectivity index (χ3v) is 6.13. The molecule has 2 aromatic carbocycles. The molecule has 0 bridgehead atoms. The second-order valence-electron chi connectivity index (χ2n) is 8.01. The Kier molecular flexibility index (Phi) is 5.36. The van der Waals surface area contributed by atoms with Gasteiger partial charge in [0.05, 0.1) is 12.5 Å². The maximum absolute atomic E-state index is 13.3. The minimum absolute atomic E-state index is 0.243. The number of hydrogen-bond donors (Lipinski definition) is 0. The first kappa shape index (κ1) is 18.9. The molecule has 0 aromatic heterocycles. The van der Waals surface area contributed by atoms with Crippen molar-refractivity contribution >= 4 is 5.91 Å². The Labute approximate surface area is 165 Å². The molecule has 2 aliphatic heterocycles. The van der Waals surface area contributed by atoms with E-state index < -0.39 is 0 Å². The molecule has 4 nitrogen and oxygen atoms in total. The molecule has 0 aliphatic carbocycles. The van der Waals surface area contributed by atoms with Crippen molar-refractivity contribution in [3.8, 4) is 5.75 Å². The van der Waals surface area contributed by atoms with Crippen molar-refractivity contribution in [1.82, 2.24) is 9.80 Å². The summed E-state index contributed by atoms with van der Waals surface area (Å²) in [7, 11) is 1.70. The predicted octanol–water partition coefficient (Wildman–Crippen LogP) is 3.85. The van der Waals surface area contributed by atoms with Crippen LogP contribution in [-0.2, 0) is 17.9 Å². The minimum Gasteiger partial charge on any atom is -0.496 e. The maximum atomic E-state index is 13.3. The van der Waals surface area contributed by atoms with Gasteiger partial charge in [-0.2, -0.15) is 0 Å². The molecule has 1 amide bonds. The van der Waals surface area contributed by atoms with Crippen LogP contribution < -0.4 is 4.74 Å². The summed E-state index contributed by atoms with van der Waals surface area (Å²) in [4.78, 5) is 17.7. The summed E-state index contributed by atoms with van der Waals surface area (Å²) in [6.45, 7) is 3.87. The number of piperidine rings is 1. The Morgan fingerprint density at radius 3 is 2.61 bits per heavy atom. The first-order chi connectivity index (χ1) is 13.6. The van der Waals surface area contributed by atoms with Gasteiger partial charge in [-0.25, -0.2) is 4.39 Å². The first-order valence-corrected chi connectivity index (χ1v) is 9.98.